The fraction of sp³-hybridized carbons (Fsp3) is 0.368. The van der Waals surface area contributed by atoms with E-state index in [0.717, 1.165) is 30.0 Å². The van der Waals surface area contributed by atoms with Crippen molar-refractivity contribution in [1.29, 1.82) is 0 Å². The Labute approximate surface area is 151 Å². The zero-order chi connectivity index (χ0) is 18.0. The second-order valence-corrected chi connectivity index (χ2v) is 7.44. The van der Waals surface area contributed by atoms with E-state index in [9.17, 15) is 9.59 Å². The molecule has 132 valence electrons. The standard InChI is InChI=1S/C19H22N2O3S/c1-12(2)21-10-9-14-15(11-21)25-18(16(14)19(23)24-3)20-17(22)13-7-5-4-6-8-13/h4-8,12H,9-11H2,1-3H3,(H,20,22). The minimum absolute atomic E-state index is 0.218. The van der Waals surface area contributed by atoms with Crippen LogP contribution in [-0.4, -0.2) is 36.5 Å². The van der Waals surface area contributed by atoms with E-state index < -0.39 is 0 Å². The van der Waals surface area contributed by atoms with Crippen molar-refractivity contribution in [2.24, 2.45) is 0 Å². The maximum absolute atomic E-state index is 12.5. The Morgan fingerprint density at radius 3 is 2.60 bits per heavy atom. The van der Waals surface area contributed by atoms with Gasteiger partial charge in [-0.25, -0.2) is 4.79 Å². The van der Waals surface area contributed by atoms with Gasteiger partial charge in [-0.1, -0.05) is 18.2 Å². The summed E-state index contributed by atoms with van der Waals surface area (Å²) in [5, 5.41) is 3.48. The lowest BCUT2D eigenvalue weighted by atomic mass is 10.0. The molecule has 1 N–H and O–H groups in total. The van der Waals surface area contributed by atoms with Crippen LogP contribution in [0.15, 0.2) is 30.3 Å². The first-order valence-corrected chi connectivity index (χ1v) is 9.16. The number of carbonyl (C=O) groups is 2. The summed E-state index contributed by atoms with van der Waals surface area (Å²) in [5.74, 6) is -0.607. The van der Waals surface area contributed by atoms with E-state index in [0.29, 0.717) is 22.2 Å². The van der Waals surface area contributed by atoms with Gasteiger partial charge in [0.05, 0.1) is 12.7 Å². The zero-order valence-electron chi connectivity index (χ0n) is 14.7. The summed E-state index contributed by atoms with van der Waals surface area (Å²) >= 11 is 1.48. The number of fused-ring (bicyclic) bond motifs is 1. The van der Waals surface area contributed by atoms with Crippen LogP contribution in [0.2, 0.25) is 0 Å². The molecule has 1 aromatic carbocycles. The molecule has 5 nitrogen and oxygen atoms in total. The normalized spacial score (nSPS) is 14.2. The van der Waals surface area contributed by atoms with Crippen LogP contribution in [0.1, 0.15) is 45.0 Å². The number of carbonyl (C=O) groups excluding carboxylic acids is 2. The van der Waals surface area contributed by atoms with Crippen LogP contribution in [0.3, 0.4) is 0 Å². The summed E-state index contributed by atoms with van der Waals surface area (Å²) in [4.78, 5) is 28.3. The Hall–Kier alpha value is -2.18. The van der Waals surface area contributed by atoms with Crippen LogP contribution in [0, 0.1) is 0 Å². The van der Waals surface area contributed by atoms with Crippen molar-refractivity contribution >= 4 is 28.2 Å². The van der Waals surface area contributed by atoms with Crippen molar-refractivity contribution in [1.82, 2.24) is 4.90 Å². The molecule has 6 heteroatoms. The first-order valence-electron chi connectivity index (χ1n) is 8.34. The molecular weight excluding hydrogens is 336 g/mol. The number of hydrogen-bond acceptors (Lipinski definition) is 5. The highest BCUT2D eigenvalue weighted by atomic mass is 32.1. The van der Waals surface area contributed by atoms with E-state index in [1.54, 1.807) is 12.1 Å². The molecule has 3 rings (SSSR count). The molecule has 0 spiro atoms. The van der Waals surface area contributed by atoms with Crippen LogP contribution in [0.25, 0.3) is 0 Å². The molecule has 0 saturated heterocycles. The van der Waals surface area contributed by atoms with Crippen LogP contribution >= 0.6 is 11.3 Å². The molecule has 1 aliphatic rings. The predicted molar refractivity (Wildman–Crippen MR) is 99.3 cm³/mol. The third kappa shape index (κ3) is 3.60. The maximum Gasteiger partial charge on any atom is 0.341 e. The summed E-state index contributed by atoms with van der Waals surface area (Å²) < 4.78 is 4.97. The van der Waals surface area contributed by atoms with E-state index >= 15 is 0 Å². The van der Waals surface area contributed by atoms with E-state index in [1.165, 1.54) is 18.4 Å². The van der Waals surface area contributed by atoms with Gasteiger partial charge in [0.25, 0.3) is 5.91 Å². The lowest BCUT2D eigenvalue weighted by Gasteiger charge is -2.30. The van der Waals surface area contributed by atoms with Crippen LogP contribution in [-0.2, 0) is 17.7 Å². The summed E-state index contributed by atoms with van der Waals surface area (Å²) in [6, 6.07) is 9.44. The first-order chi connectivity index (χ1) is 12.0. The van der Waals surface area contributed by atoms with Gasteiger partial charge < -0.3 is 10.1 Å². The smallest absolute Gasteiger partial charge is 0.341 e. The fourth-order valence-corrected chi connectivity index (χ4v) is 4.29. The number of ether oxygens (including phenoxy) is 1. The van der Waals surface area contributed by atoms with Gasteiger partial charge in [-0.15, -0.1) is 11.3 Å². The summed E-state index contributed by atoms with van der Waals surface area (Å²) in [5.41, 5.74) is 2.08. The Morgan fingerprint density at radius 1 is 1.24 bits per heavy atom. The molecule has 0 aliphatic carbocycles. The predicted octanol–water partition coefficient (Wildman–Crippen LogP) is 3.55. The van der Waals surface area contributed by atoms with Gasteiger partial charge in [0.2, 0.25) is 0 Å². The number of hydrogen-bond donors (Lipinski definition) is 1. The molecule has 1 amide bonds. The van der Waals surface area contributed by atoms with Gasteiger partial charge in [-0.05, 0) is 38.0 Å². The molecule has 25 heavy (non-hydrogen) atoms. The van der Waals surface area contributed by atoms with E-state index in [2.05, 4.69) is 24.1 Å². The summed E-state index contributed by atoms with van der Waals surface area (Å²) in [6.07, 6.45) is 0.787. The SMILES string of the molecule is COC(=O)c1c(NC(=O)c2ccccc2)sc2c1CCN(C(C)C)C2. The van der Waals surface area contributed by atoms with Crippen molar-refractivity contribution in [2.75, 3.05) is 19.0 Å². The lowest BCUT2D eigenvalue weighted by Crippen LogP contribution is -2.35. The van der Waals surface area contributed by atoms with Crippen molar-refractivity contribution in [3.05, 3.63) is 51.9 Å². The Bertz CT molecular complexity index is 783. The van der Waals surface area contributed by atoms with E-state index in [4.69, 9.17) is 4.74 Å². The number of thiophene rings is 1. The number of rotatable bonds is 4. The molecule has 2 heterocycles. The Kier molecular flexibility index (Phi) is 5.20. The average Bonchev–Trinajstić information content (AvgIpc) is 2.98. The van der Waals surface area contributed by atoms with E-state index in [1.807, 2.05) is 18.2 Å². The first kappa shape index (κ1) is 17.6. The number of esters is 1. The molecule has 0 atom stereocenters. The van der Waals surface area contributed by atoms with Gasteiger partial charge >= 0.3 is 5.97 Å². The Morgan fingerprint density at radius 2 is 1.96 bits per heavy atom. The molecule has 0 saturated carbocycles. The number of amides is 1. The molecule has 1 aliphatic heterocycles. The third-order valence-electron chi connectivity index (χ3n) is 4.47. The molecule has 2 aromatic rings. The molecule has 0 fully saturated rings. The molecular formula is C19H22N2O3S. The fourth-order valence-electron chi connectivity index (χ4n) is 3.03. The van der Waals surface area contributed by atoms with Crippen molar-refractivity contribution in [3.63, 3.8) is 0 Å². The highest BCUT2D eigenvalue weighted by Gasteiger charge is 2.30. The zero-order valence-corrected chi connectivity index (χ0v) is 15.5. The molecule has 0 unspecified atom stereocenters. The third-order valence-corrected chi connectivity index (χ3v) is 5.60. The molecule has 0 bridgehead atoms. The monoisotopic (exact) mass is 358 g/mol. The van der Waals surface area contributed by atoms with Gasteiger partial charge in [-0.2, -0.15) is 0 Å². The second-order valence-electron chi connectivity index (χ2n) is 6.33. The summed E-state index contributed by atoms with van der Waals surface area (Å²) in [7, 11) is 1.37. The number of benzene rings is 1. The maximum atomic E-state index is 12.5. The highest BCUT2D eigenvalue weighted by Crippen LogP contribution is 2.38. The van der Waals surface area contributed by atoms with Gasteiger partial charge in [0, 0.05) is 29.6 Å². The number of anilines is 1. The lowest BCUT2D eigenvalue weighted by molar-refractivity contribution is 0.0600. The number of methoxy groups -OCH3 is 1. The topological polar surface area (TPSA) is 58.6 Å². The van der Waals surface area contributed by atoms with Crippen molar-refractivity contribution in [2.45, 2.75) is 32.9 Å². The number of nitrogens with one attached hydrogen (secondary N) is 1. The second kappa shape index (κ2) is 7.37. The van der Waals surface area contributed by atoms with Crippen LogP contribution in [0.4, 0.5) is 5.00 Å². The van der Waals surface area contributed by atoms with Crippen molar-refractivity contribution < 1.29 is 14.3 Å². The Balaban J connectivity index is 1.93. The molecule has 0 radical (unpaired) electrons. The van der Waals surface area contributed by atoms with Crippen LogP contribution < -0.4 is 5.32 Å². The van der Waals surface area contributed by atoms with E-state index in [-0.39, 0.29) is 11.9 Å². The molecule has 1 aromatic heterocycles. The van der Waals surface area contributed by atoms with Crippen molar-refractivity contribution in [3.8, 4) is 0 Å². The summed E-state index contributed by atoms with van der Waals surface area (Å²) in [6.45, 7) is 6.02. The largest absolute Gasteiger partial charge is 0.465 e. The van der Waals surface area contributed by atoms with Gasteiger partial charge in [-0.3, -0.25) is 9.69 Å². The number of nitrogens with zero attached hydrogens (tertiary/aromatic N) is 1. The quantitative estimate of drug-likeness (QED) is 0.849. The van der Waals surface area contributed by atoms with Crippen LogP contribution in [0.5, 0.6) is 0 Å². The van der Waals surface area contributed by atoms with Gasteiger partial charge in [0.15, 0.2) is 0 Å². The average molecular weight is 358 g/mol. The minimum Gasteiger partial charge on any atom is -0.465 e. The minimum atomic E-state index is -0.390. The van der Waals surface area contributed by atoms with Gasteiger partial charge in [0.1, 0.15) is 5.00 Å². The highest BCUT2D eigenvalue weighted by molar-refractivity contribution is 7.17.